The topological polar surface area (TPSA) is 43.7 Å². The molecule has 0 atom stereocenters. The lowest BCUT2D eigenvalue weighted by atomic mass is 10.5. The van der Waals surface area contributed by atoms with E-state index in [2.05, 4.69) is 0 Å². The van der Waals surface area contributed by atoms with Crippen LogP contribution in [0.1, 0.15) is 6.92 Å². The van der Waals surface area contributed by atoms with E-state index >= 15 is 0 Å². The Balaban J connectivity index is 0. The molecule has 8 heavy (non-hydrogen) atoms. The van der Waals surface area contributed by atoms with Crippen LogP contribution in [-0.4, -0.2) is 35.1 Å². The maximum Gasteiger partial charge on any atom is 0.221 e. The van der Waals surface area contributed by atoms with E-state index in [1.165, 1.54) is 11.8 Å². The molecule has 4 heteroatoms. The van der Waals surface area contributed by atoms with Crippen LogP contribution in [0.2, 0.25) is 0 Å². The second-order valence-electron chi connectivity index (χ2n) is 1.87. The minimum absolute atomic E-state index is 0. The molecule has 2 N–H and O–H groups in total. The van der Waals surface area contributed by atoms with Crippen LogP contribution in [0.15, 0.2) is 0 Å². The summed E-state index contributed by atoms with van der Waals surface area (Å²) in [5, 5.41) is 17.2. The molecule has 0 fully saturated rings. The first-order valence-corrected chi connectivity index (χ1v) is 2.07. The molecular formula is C4H12FNO2. The van der Waals surface area contributed by atoms with Gasteiger partial charge in [0.25, 0.3) is 0 Å². The smallest absolute Gasteiger partial charge is 0.221 e. The number of hydrogen-bond acceptors (Lipinski definition) is 3. The van der Waals surface area contributed by atoms with Crippen LogP contribution >= 0.6 is 0 Å². The minimum Gasteiger partial charge on any atom is -0.353 e. The van der Waals surface area contributed by atoms with Gasteiger partial charge in [-0.1, -0.05) is 0 Å². The summed E-state index contributed by atoms with van der Waals surface area (Å²) in [6.07, 6.45) is 0. The summed E-state index contributed by atoms with van der Waals surface area (Å²) in [7, 11) is 3.17. The lowest BCUT2D eigenvalue weighted by Crippen LogP contribution is -2.40. The van der Waals surface area contributed by atoms with Crippen LogP contribution in [0.5, 0.6) is 0 Å². The predicted molar refractivity (Wildman–Crippen MR) is 29.0 cm³/mol. The average Bonchev–Trinajstić information content (AvgIpc) is 1.31. The summed E-state index contributed by atoms with van der Waals surface area (Å²) < 4.78 is 0. The maximum atomic E-state index is 8.58. The predicted octanol–water partition coefficient (Wildman–Crippen LogP) is -0.641. The zero-order valence-electron chi connectivity index (χ0n) is 5.25. The van der Waals surface area contributed by atoms with Gasteiger partial charge in [-0.15, -0.1) is 0 Å². The zero-order chi connectivity index (χ0) is 6.08. The Hall–Kier alpha value is -0.190. The molecule has 0 aromatic rings. The van der Waals surface area contributed by atoms with Gasteiger partial charge in [-0.3, -0.25) is 9.60 Å². The van der Waals surface area contributed by atoms with E-state index in [-0.39, 0.29) is 4.70 Å². The van der Waals surface area contributed by atoms with Crippen LogP contribution < -0.4 is 0 Å². The average molecular weight is 125 g/mol. The maximum absolute atomic E-state index is 8.58. The Morgan fingerprint density at radius 1 is 1.25 bits per heavy atom. The van der Waals surface area contributed by atoms with Crippen LogP contribution in [0.25, 0.3) is 0 Å². The molecule has 0 saturated carbocycles. The highest BCUT2D eigenvalue weighted by atomic mass is 19.0. The molecule has 0 bridgehead atoms. The van der Waals surface area contributed by atoms with Gasteiger partial charge in [0, 0.05) is 6.92 Å². The molecule has 0 unspecified atom stereocenters. The van der Waals surface area contributed by atoms with Gasteiger partial charge in [-0.2, -0.15) is 0 Å². The molecule has 0 aromatic carbocycles. The number of hydrogen-bond donors (Lipinski definition) is 2. The van der Waals surface area contributed by atoms with Gasteiger partial charge in [0.15, 0.2) is 0 Å². The molecule has 0 aliphatic rings. The Labute approximate surface area is 47.9 Å². The fraction of sp³-hybridized carbons (Fsp3) is 1.00. The van der Waals surface area contributed by atoms with E-state index in [1.54, 1.807) is 14.1 Å². The summed E-state index contributed by atoms with van der Waals surface area (Å²) >= 11 is 0. The van der Waals surface area contributed by atoms with Gasteiger partial charge in [0.1, 0.15) is 0 Å². The molecule has 0 rings (SSSR count). The Bertz CT molecular complexity index is 59.5. The van der Waals surface area contributed by atoms with Gasteiger partial charge in [0.2, 0.25) is 5.91 Å². The highest BCUT2D eigenvalue weighted by molar-refractivity contribution is 4.47. The Kier molecular flexibility index (Phi) is 3.97. The molecule has 0 saturated heterocycles. The van der Waals surface area contributed by atoms with E-state index in [9.17, 15) is 0 Å². The van der Waals surface area contributed by atoms with Gasteiger partial charge >= 0.3 is 0 Å². The number of halogens is 1. The van der Waals surface area contributed by atoms with Crippen LogP contribution in [0.3, 0.4) is 0 Å². The van der Waals surface area contributed by atoms with Crippen molar-refractivity contribution in [1.82, 2.24) is 4.90 Å². The third-order valence-electron chi connectivity index (χ3n) is 0.847. The van der Waals surface area contributed by atoms with Gasteiger partial charge < -0.3 is 10.2 Å². The lowest BCUT2D eigenvalue weighted by Gasteiger charge is -2.23. The Morgan fingerprint density at radius 3 is 1.38 bits per heavy atom. The molecule has 0 heterocycles. The monoisotopic (exact) mass is 125 g/mol. The quantitative estimate of drug-likeness (QED) is 0.458. The number of rotatable bonds is 1. The summed E-state index contributed by atoms with van der Waals surface area (Å²) in [6, 6.07) is 0. The highest BCUT2D eigenvalue weighted by Crippen LogP contribution is 1.97. The molecule has 0 amide bonds. The van der Waals surface area contributed by atoms with E-state index in [1.807, 2.05) is 0 Å². The molecular weight excluding hydrogens is 113 g/mol. The second-order valence-corrected chi connectivity index (χ2v) is 1.87. The van der Waals surface area contributed by atoms with Crippen LogP contribution in [-0.2, 0) is 0 Å². The molecule has 0 radical (unpaired) electrons. The summed E-state index contributed by atoms with van der Waals surface area (Å²) in [4.78, 5) is 1.30. The summed E-state index contributed by atoms with van der Waals surface area (Å²) in [6.45, 7) is 1.30. The van der Waals surface area contributed by atoms with Crippen molar-refractivity contribution >= 4 is 0 Å². The van der Waals surface area contributed by atoms with Crippen molar-refractivity contribution in [2.45, 2.75) is 12.8 Å². The SMILES string of the molecule is CN(C)C(C)(O)O.F. The van der Waals surface area contributed by atoms with Crippen molar-refractivity contribution < 1.29 is 14.9 Å². The first kappa shape index (κ1) is 10.7. The lowest BCUT2D eigenvalue weighted by molar-refractivity contribution is -0.234. The molecule has 0 spiro atoms. The Morgan fingerprint density at radius 2 is 1.38 bits per heavy atom. The first-order chi connectivity index (χ1) is 2.94. The fourth-order valence-corrected chi connectivity index (χ4v) is 0. The standard InChI is InChI=1S/C4H11NO2.FH/c1-4(6,7)5(2)3;/h6-7H,1-3H3;1H. The molecule has 52 valence electrons. The molecule has 0 aromatic heterocycles. The van der Waals surface area contributed by atoms with Gasteiger partial charge in [-0.05, 0) is 14.1 Å². The number of nitrogens with zero attached hydrogens (tertiary/aromatic N) is 1. The molecule has 0 aliphatic carbocycles. The molecule has 0 aliphatic heterocycles. The largest absolute Gasteiger partial charge is 0.353 e. The number of aliphatic hydroxyl groups is 2. The first-order valence-electron chi connectivity index (χ1n) is 2.07. The van der Waals surface area contributed by atoms with Crippen molar-refractivity contribution in [2.75, 3.05) is 14.1 Å². The van der Waals surface area contributed by atoms with Crippen molar-refractivity contribution in [2.24, 2.45) is 0 Å². The van der Waals surface area contributed by atoms with Crippen molar-refractivity contribution in [3.05, 3.63) is 0 Å². The summed E-state index contributed by atoms with van der Waals surface area (Å²) in [5.74, 6) is -1.67. The van der Waals surface area contributed by atoms with Crippen LogP contribution in [0.4, 0.5) is 4.70 Å². The van der Waals surface area contributed by atoms with Crippen LogP contribution in [0, 0.1) is 0 Å². The third kappa shape index (κ3) is 3.98. The van der Waals surface area contributed by atoms with Gasteiger partial charge in [-0.25, -0.2) is 0 Å². The van der Waals surface area contributed by atoms with E-state index < -0.39 is 5.91 Å². The minimum atomic E-state index is -1.67. The molecule has 3 nitrogen and oxygen atoms in total. The van der Waals surface area contributed by atoms with E-state index in [0.717, 1.165) is 0 Å². The second kappa shape index (κ2) is 2.96. The zero-order valence-corrected chi connectivity index (χ0v) is 5.25. The van der Waals surface area contributed by atoms with E-state index in [4.69, 9.17) is 10.2 Å². The van der Waals surface area contributed by atoms with E-state index in [0.29, 0.717) is 0 Å². The normalized spacial score (nSPS) is 11.2. The highest BCUT2D eigenvalue weighted by Gasteiger charge is 2.16. The summed E-state index contributed by atoms with van der Waals surface area (Å²) in [5.41, 5.74) is 0. The fourth-order valence-electron chi connectivity index (χ4n) is 0. The van der Waals surface area contributed by atoms with Crippen molar-refractivity contribution in [3.63, 3.8) is 0 Å². The van der Waals surface area contributed by atoms with Crippen molar-refractivity contribution in [3.8, 4) is 0 Å². The van der Waals surface area contributed by atoms with Gasteiger partial charge in [0.05, 0.1) is 0 Å². The van der Waals surface area contributed by atoms with Crippen molar-refractivity contribution in [1.29, 1.82) is 0 Å². The third-order valence-corrected chi connectivity index (χ3v) is 0.847.